The van der Waals surface area contributed by atoms with Crippen LogP contribution >= 0.6 is 0 Å². The van der Waals surface area contributed by atoms with E-state index in [1.807, 2.05) is 0 Å². The maximum absolute atomic E-state index is 14.9. The van der Waals surface area contributed by atoms with Gasteiger partial charge in [0.15, 0.2) is 14.6 Å². The maximum atomic E-state index is 14.9. The van der Waals surface area contributed by atoms with Gasteiger partial charge < -0.3 is 14.4 Å². The Morgan fingerprint density at radius 1 is 1.14 bits per heavy atom. The summed E-state index contributed by atoms with van der Waals surface area (Å²) >= 11 is 0. The molecule has 1 N–H and O–H groups in total. The van der Waals surface area contributed by atoms with Gasteiger partial charge in [0.05, 0.1) is 23.8 Å². The molecule has 1 spiro atoms. The number of ether oxygens (including phenoxy) is 2. The molecule has 0 bridgehead atoms. The van der Waals surface area contributed by atoms with E-state index < -0.39 is 65.7 Å². The lowest BCUT2D eigenvalue weighted by Gasteiger charge is -2.52. The Bertz CT molecular complexity index is 1280. The van der Waals surface area contributed by atoms with Crippen LogP contribution in [0.25, 0.3) is 0 Å². The zero-order valence-corrected chi connectivity index (χ0v) is 22.6. The van der Waals surface area contributed by atoms with E-state index in [-0.39, 0.29) is 24.5 Å². The number of alkyl carbamates (subject to hydrolysis) is 1. The first-order chi connectivity index (χ1) is 16.7. The summed E-state index contributed by atoms with van der Waals surface area (Å²) in [5.74, 6) is -1.97. The van der Waals surface area contributed by atoms with Crippen LogP contribution in [0.4, 0.5) is 19.7 Å². The molecule has 0 aromatic heterocycles. The minimum absolute atomic E-state index is 0.327. The van der Waals surface area contributed by atoms with Gasteiger partial charge in [0.25, 0.3) is 5.69 Å². The number of hydrogen-bond donors (Lipinski definition) is 1. The number of sulfone groups is 1. The van der Waals surface area contributed by atoms with E-state index in [0.29, 0.717) is 0 Å². The molecule has 2 aliphatic heterocycles. The predicted molar refractivity (Wildman–Crippen MR) is 132 cm³/mol. The molecule has 14 heteroatoms. The minimum Gasteiger partial charge on any atom is -0.444 e. The molecule has 0 radical (unpaired) electrons. The number of amidine groups is 1. The van der Waals surface area contributed by atoms with Gasteiger partial charge in [0, 0.05) is 17.7 Å². The van der Waals surface area contributed by atoms with Gasteiger partial charge in [-0.05, 0) is 54.5 Å². The fourth-order valence-electron chi connectivity index (χ4n) is 4.13. The largest absolute Gasteiger partial charge is 0.444 e. The number of nitro benzene ring substituents is 1. The first-order valence-corrected chi connectivity index (χ1v) is 13.1. The van der Waals surface area contributed by atoms with Crippen LogP contribution in [0.5, 0.6) is 0 Å². The number of amides is 2. The van der Waals surface area contributed by atoms with Gasteiger partial charge in [-0.15, -0.1) is 0 Å². The summed E-state index contributed by atoms with van der Waals surface area (Å²) in [6.45, 7) is 10.4. The van der Waals surface area contributed by atoms with Crippen molar-refractivity contribution in [2.45, 2.75) is 70.0 Å². The number of non-ortho nitro benzene ring substituents is 1. The van der Waals surface area contributed by atoms with Crippen molar-refractivity contribution in [3.63, 3.8) is 0 Å². The average molecular weight is 543 g/mol. The van der Waals surface area contributed by atoms with Crippen LogP contribution < -0.4 is 5.32 Å². The van der Waals surface area contributed by atoms with Crippen molar-refractivity contribution in [3.8, 4) is 0 Å². The lowest BCUT2D eigenvalue weighted by Crippen LogP contribution is -2.76. The first-order valence-electron chi connectivity index (χ1n) is 11.4. The van der Waals surface area contributed by atoms with Crippen LogP contribution in [0.1, 0.15) is 54.0 Å². The molecule has 1 atom stereocenters. The number of benzene rings is 1. The normalized spacial score (nSPS) is 22.5. The van der Waals surface area contributed by atoms with Crippen LogP contribution in [0.15, 0.2) is 23.2 Å². The van der Waals surface area contributed by atoms with Crippen molar-refractivity contribution < 1.29 is 36.8 Å². The predicted octanol–water partition coefficient (Wildman–Crippen LogP) is 3.29. The Balaban J connectivity index is 2.10. The molecule has 1 saturated heterocycles. The Labute approximate surface area is 214 Å². The smallest absolute Gasteiger partial charge is 0.413 e. The average Bonchev–Trinajstić information content (AvgIpc) is 2.62. The van der Waals surface area contributed by atoms with E-state index in [4.69, 9.17) is 9.47 Å². The van der Waals surface area contributed by atoms with Gasteiger partial charge in [-0.1, -0.05) is 0 Å². The number of halogens is 1. The molecule has 204 valence electrons. The molecule has 2 amide bonds. The summed E-state index contributed by atoms with van der Waals surface area (Å²) in [7, 11) is -4.23. The SMILES string of the molecule is CC(C)(C)OC(=O)NC1=N[C@](C)(c2cc([N+](=O)[O-])ccc2F)CS(=O)(=O)C12CN(C(=O)OC(C)(C)C)C2. The van der Waals surface area contributed by atoms with E-state index in [1.54, 1.807) is 41.5 Å². The molecule has 3 rings (SSSR count). The summed E-state index contributed by atoms with van der Waals surface area (Å²) in [6.07, 6.45) is -1.75. The number of carbonyl (C=O) groups is 2. The highest BCUT2D eigenvalue weighted by Crippen LogP contribution is 2.43. The Kier molecular flexibility index (Phi) is 6.82. The quantitative estimate of drug-likeness (QED) is 0.440. The van der Waals surface area contributed by atoms with E-state index >= 15 is 0 Å². The van der Waals surface area contributed by atoms with Gasteiger partial charge >= 0.3 is 12.2 Å². The van der Waals surface area contributed by atoms with E-state index in [0.717, 1.165) is 23.1 Å². The Morgan fingerprint density at radius 2 is 1.70 bits per heavy atom. The van der Waals surface area contributed by atoms with Gasteiger partial charge in [0.1, 0.15) is 28.4 Å². The number of carbonyl (C=O) groups excluding carboxylic acids is 2. The van der Waals surface area contributed by atoms with Crippen molar-refractivity contribution in [2.75, 3.05) is 18.8 Å². The monoisotopic (exact) mass is 542 g/mol. The van der Waals surface area contributed by atoms with Crippen molar-refractivity contribution in [1.82, 2.24) is 10.2 Å². The number of nitro groups is 1. The number of likely N-dealkylation sites (tertiary alicyclic amines) is 1. The van der Waals surface area contributed by atoms with E-state index in [9.17, 15) is 32.5 Å². The molecule has 1 aromatic rings. The third-order valence-electron chi connectivity index (χ3n) is 5.76. The highest BCUT2D eigenvalue weighted by molar-refractivity contribution is 7.93. The lowest BCUT2D eigenvalue weighted by atomic mass is 9.91. The summed E-state index contributed by atoms with van der Waals surface area (Å²) in [5.41, 5.74) is -4.35. The summed E-state index contributed by atoms with van der Waals surface area (Å²) in [6, 6.07) is 2.74. The second-order valence-electron chi connectivity index (χ2n) is 11.4. The van der Waals surface area contributed by atoms with Crippen molar-refractivity contribution >= 4 is 33.5 Å². The summed E-state index contributed by atoms with van der Waals surface area (Å²) in [5, 5.41) is 13.7. The van der Waals surface area contributed by atoms with E-state index in [1.165, 1.54) is 6.92 Å². The minimum atomic E-state index is -4.23. The fraction of sp³-hybridized carbons (Fsp3) is 0.609. The third-order valence-corrected chi connectivity index (χ3v) is 8.35. The third kappa shape index (κ3) is 5.68. The lowest BCUT2D eigenvalue weighted by molar-refractivity contribution is -0.385. The van der Waals surface area contributed by atoms with Crippen molar-refractivity contribution in [2.24, 2.45) is 4.99 Å². The summed E-state index contributed by atoms with van der Waals surface area (Å²) in [4.78, 5) is 41.3. The molecule has 1 fully saturated rings. The number of rotatable bonds is 2. The highest BCUT2D eigenvalue weighted by atomic mass is 32.2. The van der Waals surface area contributed by atoms with Crippen molar-refractivity contribution in [1.29, 1.82) is 0 Å². The Morgan fingerprint density at radius 3 is 2.22 bits per heavy atom. The van der Waals surface area contributed by atoms with Crippen LogP contribution in [-0.4, -0.2) is 71.1 Å². The summed E-state index contributed by atoms with van der Waals surface area (Å²) < 4.78 is 51.1. The molecule has 0 unspecified atom stereocenters. The number of nitrogens with one attached hydrogen (secondary N) is 1. The molecular formula is C23H31FN4O8S. The van der Waals surface area contributed by atoms with E-state index in [2.05, 4.69) is 10.3 Å². The molecule has 2 aliphatic rings. The fourth-order valence-corrected chi connectivity index (χ4v) is 6.46. The zero-order valence-electron chi connectivity index (χ0n) is 21.7. The topological polar surface area (TPSA) is 158 Å². The molecule has 12 nitrogen and oxygen atoms in total. The standard InChI is InChI=1S/C23H31FN4O8S/c1-20(2,3)35-18(29)25-17-23(11-27(12-23)19(30)36-21(4,5)6)37(33,34)13-22(7,26-17)15-10-14(28(31)32)8-9-16(15)24/h8-10H,11-13H2,1-7H3,(H,25,26,29)/t22-/m0/s1. The maximum Gasteiger partial charge on any atom is 0.413 e. The molecule has 37 heavy (non-hydrogen) atoms. The molecule has 0 saturated carbocycles. The van der Waals surface area contributed by atoms with Crippen molar-refractivity contribution in [3.05, 3.63) is 39.7 Å². The van der Waals surface area contributed by atoms with Gasteiger partial charge in [-0.3, -0.25) is 20.4 Å². The molecule has 0 aliphatic carbocycles. The number of aliphatic imine (C=N–C) groups is 1. The van der Waals surface area contributed by atoms with Crippen LogP contribution in [-0.2, 0) is 24.8 Å². The number of nitrogens with zero attached hydrogens (tertiary/aromatic N) is 3. The zero-order chi connectivity index (χ0) is 28.2. The second-order valence-corrected chi connectivity index (χ2v) is 13.7. The second kappa shape index (κ2) is 8.92. The van der Waals surface area contributed by atoms with Gasteiger partial charge in [-0.25, -0.2) is 22.4 Å². The molecule has 1 aromatic carbocycles. The molecule has 2 heterocycles. The van der Waals surface area contributed by atoms with Crippen LogP contribution in [0.3, 0.4) is 0 Å². The molecular weight excluding hydrogens is 511 g/mol. The van der Waals surface area contributed by atoms with Gasteiger partial charge in [0.2, 0.25) is 0 Å². The van der Waals surface area contributed by atoms with Gasteiger partial charge in [-0.2, -0.15) is 0 Å². The van der Waals surface area contributed by atoms with Crippen LogP contribution in [0.2, 0.25) is 0 Å². The highest BCUT2D eigenvalue weighted by Gasteiger charge is 2.64. The first kappa shape index (κ1) is 28.3. The van der Waals surface area contributed by atoms with Crippen LogP contribution in [0, 0.1) is 15.9 Å². The number of hydrogen-bond acceptors (Lipinski definition) is 9. The Hall–Kier alpha value is -3.29.